The predicted molar refractivity (Wildman–Crippen MR) is 151 cm³/mol. The molecule has 1 saturated carbocycles. The summed E-state index contributed by atoms with van der Waals surface area (Å²) < 4.78 is 0. The van der Waals surface area contributed by atoms with Gasteiger partial charge in [0.1, 0.15) is 6.33 Å². The fourth-order valence-electron chi connectivity index (χ4n) is 7.60. The summed E-state index contributed by atoms with van der Waals surface area (Å²) in [5.74, 6) is 2.18. The Morgan fingerprint density at radius 1 is 0.897 bits per heavy atom. The zero-order valence-electron chi connectivity index (χ0n) is 23.6. The third kappa shape index (κ3) is 5.34. The summed E-state index contributed by atoms with van der Waals surface area (Å²) in [4.78, 5) is 41.5. The molecule has 3 aliphatic heterocycles. The third-order valence-electron chi connectivity index (χ3n) is 10.3. The molecule has 4 aliphatic rings. The van der Waals surface area contributed by atoms with E-state index < -0.39 is 0 Å². The number of piperidine rings is 1. The van der Waals surface area contributed by atoms with Crippen LogP contribution in [-0.2, 0) is 10.2 Å². The number of likely N-dealkylation sites (tertiary alicyclic amines) is 3. The highest BCUT2D eigenvalue weighted by Crippen LogP contribution is 2.41. The SMILES string of the molecule is Cc1ncnc(C)c1C(=O)N1CC2CN(CCC3(c4ccccc4)CCN(C(=O)CC4CCC4)CC3)CC2C1. The van der Waals surface area contributed by atoms with Gasteiger partial charge in [-0.15, -0.1) is 0 Å². The van der Waals surface area contributed by atoms with Crippen molar-refractivity contribution < 1.29 is 9.59 Å². The van der Waals surface area contributed by atoms with E-state index in [2.05, 4.69) is 50.1 Å². The van der Waals surface area contributed by atoms with Crippen LogP contribution in [-0.4, -0.2) is 82.3 Å². The first-order chi connectivity index (χ1) is 18.9. The number of rotatable bonds is 7. The van der Waals surface area contributed by atoms with Gasteiger partial charge in [0, 0.05) is 45.7 Å². The van der Waals surface area contributed by atoms with Crippen LogP contribution < -0.4 is 0 Å². The molecule has 0 N–H and O–H groups in total. The second-order valence-corrected chi connectivity index (χ2v) is 12.7. The van der Waals surface area contributed by atoms with Crippen LogP contribution in [0.15, 0.2) is 36.7 Å². The van der Waals surface area contributed by atoms with E-state index in [1.165, 1.54) is 31.2 Å². The fourth-order valence-corrected chi connectivity index (χ4v) is 7.60. The molecule has 39 heavy (non-hydrogen) atoms. The van der Waals surface area contributed by atoms with Crippen LogP contribution in [0.4, 0.5) is 0 Å². The van der Waals surface area contributed by atoms with Gasteiger partial charge in [-0.05, 0) is 81.2 Å². The van der Waals surface area contributed by atoms with Gasteiger partial charge in [0.25, 0.3) is 5.91 Å². The minimum atomic E-state index is 0.0909. The number of carbonyl (C=O) groups excluding carboxylic acids is 2. The van der Waals surface area contributed by atoms with Gasteiger partial charge in [-0.25, -0.2) is 9.97 Å². The number of aromatic nitrogens is 2. The Hall–Kier alpha value is -2.80. The Balaban J connectivity index is 1.06. The first-order valence-corrected chi connectivity index (χ1v) is 15.0. The van der Waals surface area contributed by atoms with E-state index in [9.17, 15) is 9.59 Å². The summed E-state index contributed by atoms with van der Waals surface area (Å²) in [6.45, 7) is 10.4. The Morgan fingerprint density at radius 2 is 1.54 bits per heavy atom. The van der Waals surface area contributed by atoms with Crippen LogP contribution in [0.25, 0.3) is 0 Å². The smallest absolute Gasteiger partial charge is 0.257 e. The summed E-state index contributed by atoms with van der Waals surface area (Å²) >= 11 is 0. The molecule has 4 fully saturated rings. The number of fused-ring (bicyclic) bond motifs is 1. The lowest BCUT2D eigenvalue weighted by molar-refractivity contribution is -0.134. The number of hydrogen-bond donors (Lipinski definition) is 0. The lowest BCUT2D eigenvalue weighted by Gasteiger charge is -2.44. The van der Waals surface area contributed by atoms with E-state index >= 15 is 0 Å². The summed E-state index contributed by atoms with van der Waals surface area (Å²) in [5.41, 5.74) is 3.79. The van der Waals surface area contributed by atoms with Crippen molar-refractivity contribution in [2.45, 2.75) is 64.2 Å². The highest BCUT2D eigenvalue weighted by atomic mass is 16.2. The number of benzene rings is 1. The normalized spacial score (nSPS) is 25.0. The van der Waals surface area contributed by atoms with E-state index in [1.807, 2.05) is 18.7 Å². The average molecular weight is 530 g/mol. The van der Waals surface area contributed by atoms with Crippen LogP contribution in [0.3, 0.4) is 0 Å². The predicted octanol–water partition coefficient (Wildman–Crippen LogP) is 4.24. The maximum absolute atomic E-state index is 13.3. The third-order valence-corrected chi connectivity index (χ3v) is 10.3. The largest absolute Gasteiger partial charge is 0.343 e. The van der Waals surface area contributed by atoms with Crippen molar-refractivity contribution in [1.29, 1.82) is 0 Å². The lowest BCUT2D eigenvalue weighted by Crippen LogP contribution is -2.47. The van der Waals surface area contributed by atoms with Crippen LogP contribution in [0.5, 0.6) is 0 Å². The van der Waals surface area contributed by atoms with E-state index in [0.717, 1.165) is 82.9 Å². The standard InChI is InChI=1S/C32H43N5O2/c1-23-30(24(2)34-22-33-23)31(39)37-20-26-18-35(19-27(26)21-37)14-11-32(28-9-4-3-5-10-28)12-15-36(16-13-32)29(38)17-25-7-6-8-25/h3-5,9-10,22,25-27H,6-8,11-21H2,1-2H3. The van der Waals surface area contributed by atoms with E-state index in [4.69, 9.17) is 0 Å². The molecule has 0 spiro atoms. The van der Waals surface area contributed by atoms with Crippen molar-refractivity contribution in [3.63, 3.8) is 0 Å². The Bertz CT molecular complexity index is 1150. The van der Waals surface area contributed by atoms with Crippen LogP contribution in [0.1, 0.15) is 72.3 Å². The molecule has 2 aromatic rings. The van der Waals surface area contributed by atoms with Crippen molar-refractivity contribution in [3.8, 4) is 0 Å². The maximum atomic E-state index is 13.3. The van der Waals surface area contributed by atoms with E-state index in [-0.39, 0.29) is 11.3 Å². The molecule has 208 valence electrons. The molecule has 2 atom stereocenters. The molecule has 0 bridgehead atoms. The van der Waals surface area contributed by atoms with Crippen molar-refractivity contribution in [1.82, 2.24) is 24.7 Å². The molecular weight excluding hydrogens is 486 g/mol. The second kappa shape index (κ2) is 11.0. The summed E-state index contributed by atoms with van der Waals surface area (Å²) in [7, 11) is 0. The molecular formula is C32H43N5O2. The highest BCUT2D eigenvalue weighted by molar-refractivity contribution is 5.96. The molecule has 1 aliphatic carbocycles. The van der Waals surface area contributed by atoms with Crippen molar-refractivity contribution in [2.75, 3.05) is 45.8 Å². The molecule has 1 aromatic heterocycles. The van der Waals surface area contributed by atoms with Crippen LogP contribution in [0, 0.1) is 31.6 Å². The molecule has 3 saturated heterocycles. The topological polar surface area (TPSA) is 69.6 Å². The zero-order valence-corrected chi connectivity index (χ0v) is 23.6. The van der Waals surface area contributed by atoms with Gasteiger partial charge < -0.3 is 14.7 Å². The Labute approximate surface area is 233 Å². The Kier molecular flexibility index (Phi) is 7.45. The van der Waals surface area contributed by atoms with Crippen molar-refractivity contribution in [2.24, 2.45) is 17.8 Å². The van der Waals surface area contributed by atoms with Gasteiger partial charge in [0.15, 0.2) is 0 Å². The summed E-state index contributed by atoms with van der Waals surface area (Å²) in [6, 6.07) is 11.0. The Morgan fingerprint density at radius 3 is 2.13 bits per heavy atom. The highest BCUT2D eigenvalue weighted by Gasteiger charge is 2.44. The minimum Gasteiger partial charge on any atom is -0.343 e. The van der Waals surface area contributed by atoms with Crippen molar-refractivity contribution in [3.05, 3.63) is 59.2 Å². The van der Waals surface area contributed by atoms with Crippen LogP contribution in [0.2, 0.25) is 0 Å². The number of hydrogen-bond acceptors (Lipinski definition) is 5. The van der Waals surface area contributed by atoms with Crippen molar-refractivity contribution >= 4 is 11.8 Å². The molecule has 7 heteroatoms. The summed E-state index contributed by atoms with van der Waals surface area (Å²) in [5, 5.41) is 0. The number of carbonyl (C=O) groups is 2. The quantitative estimate of drug-likeness (QED) is 0.537. The van der Waals surface area contributed by atoms with Gasteiger partial charge in [0.2, 0.25) is 5.91 Å². The maximum Gasteiger partial charge on any atom is 0.257 e. The van der Waals surface area contributed by atoms with E-state index in [1.54, 1.807) is 0 Å². The van der Waals surface area contributed by atoms with Crippen LogP contribution >= 0.6 is 0 Å². The molecule has 7 nitrogen and oxygen atoms in total. The first-order valence-electron chi connectivity index (χ1n) is 15.0. The molecule has 6 rings (SSSR count). The fraction of sp³-hybridized carbons (Fsp3) is 0.625. The molecule has 2 amide bonds. The van der Waals surface area contributed by atoms with Gasteiger partial charge >= 0.3 is 0 Å². The zero-order chi connectivity index (χ0) is 27.0. The van der Waals surface area contributed by atoms with Gasteiger partial charge in [-0.3, -0.25) is 9.59 Å². The molecule has 1 aromatic carbocycles. The number of aryl methyl sites for hydroxylation is 2. The molecule has 4 heterocycles. The molecule has 0 radical (unpaired) electrons. The molecule has 2 unspecified atom stereocenters. The van der Waals surface area contributed by atoms with Gasteiger partial charge in [0.05, 0.1) is 17.0 Å². The first kappa shape index (κ1) is 26.4. The summed E-state index contributed by atoms with van der Waals surface area (Å²) in [6.07, 6.45) is 9.28. The van der Waals surface area contributed by atoms with E-state index in [0.29, 0.717) is 29.2 Å². The van der Waals surface area contributed by atoms with Gasteiger partial charge in [-0.2, -0.15) is 0 Å². The number of nitrogens with zero attached hydrogens (tertiary/aromatic N) is 5. The monoisotopic (exact) mass is 529 g/mol. The number of amides is 2. The minimum absolute atomic E-state index is 0.0909. The second-order valence-electron chi connectivity index (χ2n) is 12.7. The lowest BCUT2D eigenvalue weighted by atomic mass is 9.70. The van der Waals surface area contributed by atoms with Gasteiger partial charge in [-0.1, -0.05) is 36.8 Å². The average Bonchev–Trinajstić information content (AvgIpc) is 3.49.